The fourth-order valence-corrected chi connectivity index (χ4v) is 11.7. The normalized spacial score (nSPS) is 10.7. The summed E-state index contributed by atoms with van der Waals surface area (Å²) >= 11 is 9.28. The van der Waals surface area contributed by atoms with E-state index in [4.69, 9.17) is 26.7 Å². The van der Waals surface area contributed by atoms with Crippen LogP contribution in [-0.4, -0.2) is 89.0 Å². The van der Waals surface area contributed by atoms with Crippen LogP contribution in [0.15, 0.2) is 223 Å². The molecule has 0 fully saturated rings. The SMILES string of the molecule is CCCc1nc(-c2ccc(CO)cc2)cnc1NC(=O)Cc1ccc(Br)cc1.CCCc1nc(-c2ccc(CO)cc2)cnc1NC(=O)Cc1ccc(Cl)cc1.CCCc1nc(-c2ccc(CO)cc2)cnc1NC(=O)Cc1ccc(F)cc1.CCCc1nc(-c2ccc(CO)cc2)cnc1NC(=O)Cc1ccc(O)cc1. The largest absolute Gasteiger partial charge is 0.508 e. The zero-order chi connectivity index (χ0) is 79.7. The van der Waals surface area contributed by atoms with E-state index in [0.29, 0.717) is 53.3 Å². The monoisotopic (exact) mass is 1590 g/mol. The molecule has 0 aliphatic heterocycles. The standard InChI is InChI=1S/C22H22BrN3O2.C22H22ClN3O2.C22H22FN3O2.C22H23N3O3/c3*1-2-3-19-22(26-21(28)12-15-6-10-18(23)11-7-15)24-13-20(25-19)17-8-4-16(14-27)5-9-17;1-2-3-19-22(25-21(28)12-15-6-10-18(27)11-7-15)23-13-20(24-19)17-8-4-16(14-26)5-9-17/h3*4-11,13,27H,2-3,12,14H2,1H3,(H,24,26,28);4-11,13,26-27H,2-3,12,14H2,1H3,(H,23,25,28). The molecule has 24 heteroatoms. The number of carbonyl (C=O) groups is 4. The number of nitrogens with zero attached hydrogens (tertiary/aromatic N) is 8. The Morgan fingerprint density at radius 2 is 0.562 bits per heavy atom. The average molecular weight is 1590 g/mol. The van der Waals surface area contributed by atoms with Gasteiger partial charge in [-0.1, -0.05) is 227 Å². The van der Waals surface area contributed by atoms with Crippen molar-refractivity contribution in [3.05, 3.63) is 302 Å². The van der Waals surface area contributed by atoms with Gasteiger partial charge in [-0.3, -0.25) is 19.2 Å². The van der Waals surface area contributed by atoms with Crippen LogP contribution < -0.4 is 21.3 Å². The van der Waals surface area contributed by atoms with Gasteiger partial charge in [-0.15, -0.1) is 0 Å². The first-order chi connectivity index (χ1) is 54.3. The summed E-state index contributed by atoms with van der Waals surface area (Å²) in [6.45, 7) is 8.22. The molecule has 12 aromatic rings. The lowest BCUT2D eigenvalue weighted by molar-refractivity contribution is -0.116. The van der Waals surface area contributed by atoms with Crippen molar-refractivity contribution in [1.29, 1.82) is 0 Å². The Morgan fingerprint density at radius 1 is 0.339 bits per heavy atom. The summed E-state index contributed by atoms with van der Waals surface area (Å²) < 4.78 is 14.0. The maximum atomic E-state index is 13.0. The average Bonchev–Trinajstić information content (AvgIpc) is 0.839. The predicted octanol–water partition coefficient (Wildman–Crippen LogP) is 16.3. The number of aromatic nitrogens is 8. The molecule has 0 spiro atoms. The van der Waals surface area contributed by atoms with Gasteiger partial charge in [-0.05, 0) is 119 Å². The first kappa shape index (κ1) is 84.3. The summed E-state index contributed by atoms with van der Waals surface area (Å²) in [5.74, 6) is 1.10. The Bertz CT molecular complexity index is 4400. The van der Waals surface area contributed by atoms with E-state index in [1.54, 1.807) is 73.3 Å². The van der Waals surface area contributed by atoms with Gasteiger partial charge in [0.25, 0.3) is 0 Å². The number of aromatic hydroxyl groups is 1. The number of phenolic OH excluding ortho intramolecular Hbond substituents is 1. The summed E-state index contributed by atoms with van der Waals surface area (Å²) in [5, 5.41) is 58.1. The third-order valence-corrected chi connectivity index (χ3v) is 18.0. The van der Waals surface area contributed by atoms with Crippen LogP contribution in [0.1, 0.15) is 121 Å². The Labute approximate surface area is 664 Å². The molecular formula is C88H89BrClFN12O9. The number of hydrogen-bond donors (Lipinski definition) is 9. The number of amides is 4. The van der Waals surface area contributed by atoms with E-state index in [1.165, 1.54) is 12.1 Å². The van der Waals surface area contributed by atoms with E-state index in [-0.39, 0.29) is 87.3 Å². The van der Waals surface area contributed by atoms with Gasteiger partial charge in [0, 0.05) is 31.7 Å². The van der Waals surface area contributed by atoms with Crippen LogP contribution in [0.5, 0.6) is 5.75 Å². The van der Waals surface area contributed by atoms with E-state index in [9.17, 15) is 44.0 Å². The molecule has 576 valence electrons. The number of phenols is 1. The predicted molar refractivity (Wildman–Crippen MR) is 439 cm³/mol. The minimum atomic E-state index is -0.331. The summed E-state index contributed by atoms with van der Waals surface area (Å²) in [4.78, 5) is 86.1. The number of halogens is 3. The second-order valence-electron chi connectivity index (χ2n) is 26.1. The minimum Gasteiger partial charge on any atom is -0.508 e. The molecule has 4 amide bonds. The molecule has 9 N–H and O–H groups in total. The molecule has 0 unspecified atom stereocenters. The molecule has 4 aromatic heterocycles. The van der Waals surface area contributed by atoms with Gasteiger partial charge < -0.3 is 46.8 Å². The maximum absolute atomic E-state index is 13.0. The molecule has 21 nitrogen and oxygen atoms in total. The van der Waals surface area contributed by atoms with Crippen LogP contribution in [0.2, 0.25) is 5.02 Å². The second kappa shape index (κ2) is 43.6. The molecular weight excluding hydrogens is 1500 g/mol. The van der Waals surface area contributed by atoms with Crippen LogP contribution in [-0.2, 0) is 97.0 Å². The summed E-state index contributed by atoms with van der Waals surface area (Å²) in [5.41, 5.74) is 16.3. The van der Waals surface area contributed by atoms with Crippen LogP contribution in [0, 0.1) is 5.82 Å². The molecule has 4 heterocycles. The van der Waals surface area contributed by atoms with Crippen molar-refractivity contribution < 1.29 is 49.1 Å². The van der Waals surface area contributed by atoms with Crippen molar-refractivity contribution in [3.8, 4) is 50.8 Å². The summed E-state index contributed by atoms with van der Waals surface area (Å²) in [6, 6.07) is 57.3. The third kappa shape index (κ3) is 26.2. The Morgan fingerprint density at radius 3 is 0.804 bits per heavy atom. The Kier molecular flexibility index (Phi) is 32.8. The molecule has 0 aliphatic carbocycles. The van der Waals surface area contributed by atoms with Gasteiger partial charge >= 0.3 is 0 Å². The summed E-state index contributed by atoms with van der Waals surface area (Å²) in [7, 11) is 0. The molecule has 8 aromatic carbocycles. The topological polar surface area (TPSA) is 321 Å². The molecule has 0 atom stereocenters. The van der Waals surface area contributed by atoms with Crippen molar-refractivity contribution in [3.63, 3.8) is 0 Å². The lowest BCUT2D eigenvalue weighted by atomic mass is 10.1. The highest BCUT2D eigenvalue weighted by atomic mass is 79.9. The van der Waals surface area contributed by atoms with Crippen molar-refractivity contribution >= 4 is 74.4 Å². The van der Waals surface area contributed by atoms with Gasteiger partial charge in [0.1, 0.15) is 11.6 Å². The highest BCUT2D eigenvalue weighted by molar-refractivity contribution is 9.10. The number of carbonyl (C=O) groups excluding carboxylic acids is 4. The number of rotatable bonds is 28. The maximum Gasteiger partial charge on any atom is 0.229 e. The number of benzene rings is 8. The number of anilines is 4. The lowest BCUT2D eigenvalue weighted by Gasteiger charge is -2.11. The molecule has 112 heavy (non-hydrogen) atoms. The van der Waals surface area contributed by atoms with E-state index < -0.39 is 0 Å². The highest BCUT2D eigenvalue weighted by Gasteiger charge is 2.18. The number of aryl methyl sites for hydroxylation is 4. The fraction of sp³-hybridized carbons (Fsp3) is 0.227. The number of aliphatic hydroxyl groups excluding tert-OH is 4. The first-order valence-corrected chi connectivity index (χ1v) is 38.0. The Hall–Kier alpha value is -11.7. The molecule has 0 saturated carbocycles. The number of aliphatic hydroxyl groups is 4. The van der Waals surface area contributed by atoms with Gasteiger partial charge in [-0.25, -0.2) is 44.3 Å². The van der Waals surface area contributed by atoms with E-state index in [2.05, 4.69) is 80.9 Å². The minimum absolute atomic E-state index is 0.000948. The van der Waals surface area contributed by atoms with E-state index in [0.717, 1.165) is 143 Å². The van der Waals surface area contributed by atoms with Gasteiger partial charge in [0.15, 0.2) is 23.3 Å². The first-order valence-electron chi connectivity index (χ1n) is 36.8. The van der Waals surface area contributed by atoms with Crippen molar-refractivity contribution in [2.45, 2.75) is 131 Å². The van der Waals surface area contributed by atoms with E-state index in [1.807, 2.05) is 147 Å². The number of nitrogens with one attached hydrogen (secondary N) is 4. The van der Waals surface area contributed by atoms with Crippen LogP contribution in [0.25, 0.3) is 45.0 Å². The molecule has 0 bridgehead atoms. The molecule has 0 radical (unpaired) electrons. The van der Waals surface area contributed by atoms with Crippen molar-refractivity contribution in [1.82, 2.24) is 39.9 Å². The molecule has 0 aliphatic rings. The van der Waals surface area contributed by atoms with Gasteiger partial charge in [-0.2, -0.15) is 0 Å². The lowest BCUT2D eigenvalue weighted by Crippen LogP contribution is -2.17. The zero-order valence-corrected chi connectivity index (χ0v) is 65.0. The highest BCUT2D eigenvalue weighted by Crippen LogP contribution is 2.28. The quantitative estimate of drug-likeness (QED) is 0.0220. The summed E-state index contributed by atoms with van der Waals surface area (Å²) in [6.07, 6.45) is 13.8. The third-order valence-electron chi connectivity index (χ3n) is 17.2. The smallest absolute Gasteiger partial charge is 0.229 e. The van der Waals surface area contributed by atoms with Crippen LogP contribution in [0.3, 0.4) is 0 Å². The van der Waals surface area contributed by atoms with Crippen molar-refractivity contribution in [2.24, 2.45) is 0 Å². The second-order valence-corrected chi connectivity index (χ2v) is 27.4. The van der Waals surface area contributed by atoms with Crippen molar-refractivity contribution in [2.75, 3.05) is 21.3 Å². The Balaban J connectivity index is 0.000000171. The van der Waals surface area contributed by atoms with Crippen LogP contribution in [0.4, 0.5) is 27.7 Å². The van der Waals surface area contributed by atoms with Gasteiger partial charge in [0.2, 0.25) is 23.6 Å². The van der Waals surface area contributed by atoms with Gasteiger partial charge in [0.05, 0.1) is 122 Å². The molecule has 12 rings (SSSR count). The van der Waals surface area contributed by atoms with E-state index >= 15 is 0 Å². The fourth-order valence-electron chi connectivity index (χ4n) is 11.3. The molecule has 0 saturated heterocycles. The van der Waals surface area contributed by atoms with Crippen LogP contribution >= 0.6 is 27.5 Å². The zero-order valence-electron chi connectivity index (χ0n) is 62.7. The number of hydrogen-bond acceptors (Lipinski definition) is 17.